The Morgan fingerprint density at radius 1 is 1.36 bits per heavy atom. The predicted molar refractivity (Wildman–Crippen MR) is 86.5 cm³/mol. The van der Waals surface area contributed by atoms with Crippen molar-refractivity contribution in [3.8, 4) is 0 Å². The molecule has 0 amide bonds. The Bertz CT molecular complexity index is 742. The molecular formula is C14H16N2O4S2. The Balaban J connectivity index is 1.99. The molecule has 0 saturated carbocycles. The number of sulfonamides is 1. The second-order valence-electron chi connectivity index (χ2n) is 4.99. The molecule has 2 rings (SSSR count). The number of non-ortho nitro benzene ring substituents is 1. The fourth-order valence-corrected chi connectivity index (χ4v) is 3.96. The van der Waals surface area contributed by atoms with E-state index >= 15 is 0 Å². The second-order valence-corrected chi connectivity index (χ2v) is 7.58. The van der Waals surface area contributed by atoms with Crippen LogP contribution < -0.4 is 4.72 Å². The largest absolute Gasteiger partial charge is 0.269 e. The van der Waals surface area contributed by atoms with Gasteiger partial charge in [-0.25, -0.2) is 13.1 Å². The van der Waals surface area contributed by atoms with Crippen LogP contribution in [0.15, 0.2) is 41.1 Å². The average Bonchev–Trinajstić information content (AvgIpc) is 2.99. The van der Waals surface area contributed by atoms with Crippen LogP contribution in [0.4, 0.5) is 5.69 Å². The number of nitrogens with zero attached hydrogens (tertiary/aromatic N) is 1. The molecule has 0 fully saturated rings. The summed E-state index contributed by atoms with van der Waals surface area (Å²) in [6.45, 7) is 2.24. The lowest BCUT2D eigenvalue weighted by Gasteiger charge is -2.12. The third-order valence-electron chi connectivity index (χ3n) is 3.20. The van der Waals surface area contributed by atoms with Crippen LogP contribution in [0.5, 0.6) is 0 Å². The smallest absolute Gasteiger partial charge is 0.258 e. The maximum Gasteiger partial charge on any atom is 0.269 e. The van der Waals surface area contributed by atoms with Crippen LogP contribution in [0.1, 0.15) is 24.0 Å². The van der Waals surface area contributed by atoms with E-state index in [0.29, 0.717) is 12.1 Å². The van der Waals surface area contributed by atoms with E-state index in [1.807, 2.05) is 23.8 Å². The molecule has 0 bridgehead atoms. The summed E-state index contributed by atoms with van der Waals surface area (Å²) in [4.78, 5) is 10.2. The highest BCUT2D eigenvalue weighted by Gasteiger charge is 2.16. The number of benzene rings is 1. The Kier molecular flexibility index (Phi) is 5.28. The molecule has 118 valence electrons. The van der Waals surface area contributed by atoms with Crippen molar-refractivity contribution in [1.29, 1.82) is 0 Å². The van der Waals surface area contributed by atoms with Gasteiger partial charge < -0.3 is 0 Å². The van der Waals surface area contributed by atoms with Gasteiger partial charge >= 0.3 is 0 Å². The van der Waals surface area contributed by atoms with Gasteiger partial charge in [-0.05, 0) is 33.9 Å². The number of hydrogen-bond acceptors (Lipinski definition) is 5. The van der Waals surface area contributed by atoms with Crippen LogP contribution >= 0.6 is 11.3 Å². The molecule has 0 aliphatic carbocycles. The van der Waals surface area contributed by atoms with Crippen molar-refractivity contribution in [2.75, 3.05) is 6.54 Å². The lowest BCUT2D eigenvalue weighted by atomic mass is 10.1. The third-order valence-corrected chi connectivity index (χ3v) is 5.22. The molecule has 1 heterocycles. The van der Waals surface area contributed by atoms with Gasteiger partial charge in [-0.15, -0.1) is 0 Å². The molecule has 22 heavy (non-hydrogen) atoms. The molecule has 2 aromatic rings. The van der Waals surface area contributed by atoms with E-state index in [4.69, 9.17) is 0 Å². The molecule has 0 saturated heterocycles. The van der Waals surface area contributed by atoms with Gasteiger partial charge in [0.1, 0.15) is 0 Å². The SMILES string of the molecule is C[C@@H](CNS(=O)(=O)Cc1cccc([N+](=O)[O-])c1)c1ccsc1. The quantitative estimate of drug-likeness (QED) is 0.620. The minimum atomic E-state index is -3.53. The molecule has 6 nitrogen and oxygen atoms in total. The highest BCUT2D eigenvalue weighted by molar-refractivity contribution is 7.88. The topological polar surface area (TPSA) is 89.3 Å². The Hall–Kier alpha value is -1.77. The van der Waals surface area contributed by atoms with E-state index in [2.05, 4.69) is 4.72 Å². The minimum absolute atomic E-state index is 0.0751. The lowest BCUT2D eigenvalue weighted by Crippen LogP contribution is -2.28. The molecule has 0 aliphatic rings. The van der Waals surface area contributed by atoms with Gasteiger partial charge in [-0.3, -0.25) is 10.1 Å². The van der Waals surface area contributed by atoms with Gasteiger partial charge in [0.15, 0.2) is 0 Å². The maximum atomic E-state index is 12.1. The molecular weight excluding hydrogens is 324 g/mol. The van der Waals surface area contributed by atoms with Crippen molar-refractivity contribution in [3.63, 3.8) is 0 Å². The number of thiophene rings is 1. The first-order valence-electron chi connectivity index (χ1n) is 6.60. The number of nitro groups is 1. The van der Waals surface area contributed by atoms with E-state index in [1.54, 1.807) is 17.4 Å². The molecule has 1 N–H and O–H groups in total. The first-order valence-corrected chi connectivity index (χ1v) is 9.19. The zero-order valence-electron chi connectivity index (χ0n) is 11.9. The number of rotatable bonds is 7. The molecule has 0 aliphatic heterocycles. The van der Waals surface area contributed by atoms with E-state index < -0.39 is 14.9 Å². The van der Waals surface area contributed by atoms with E-state index in [1.165, 1.54) is 18.2 Å². The van der Waals surface area contributed by atoms with E-state index in [-0.39, 0.29) is 17.4 Å². The summed E-state index contributed by atoms with van der Waals surface area (Å²) in [6.07, 6.45) is 0. The lowest BCUT2D eigenvalue weighted by molar-refractivity contribution is -0.384. The first kappa shape index (κ1) is 16.6. The van der Waals surface area contributed by atoms with E-state index in [9.17, 15) is 18.5 Å². The summed E-state index contributed by atoms with van der Waals surface area (Å²) >= 11 is 1.57. The average molecular weight is 340 g/mol. The zero-order chi connectivity index (χ0) is 16.2. The van der Waals surface area contributed by atoms with E-state index in [0.717, 1.165) is 5.56 Å². The fraction of sp³-hybridized carbons (Fsp3) is 0.286. The number of hydrogen-bond donors (Lipinski definition) is 1. The van der Waals surface area contributed by atoms with Crippen molar-refractivity contribution in [3.05, 3.63) is 62.3 Å². The van der Waals surface area contributed by atoms with Crippen LogP contribution in [0, 0.1) is 10.1 Å². The number of nitro benzene ring substituents is 1. The Morgan fingerprint density at radius 2 is 2.14 bits per heavy atom. The highest BCUT2D eigenvalue weighted by Crippen LogP contribution is 2.18. The standard InChI is InChI=1S/C14H16N2O4S2/c1-11(13-5-6-21-9-13)8-15-22(19,20)10-12-3-2-4-14(7-12)16(17)18/h2-7,9,11,15H,8,10H2,1H3/t11-/m0/s1. The highest BCUT2D eigenvalue weighted by atomic mass is 32.2. The molecule has 0 spiro atoms. The van der Waals surface area contributed by atoms with Crippen LogP contribution in [0.3, 0.4) is 0 Å². The van der Waals surface area contributed by atoms with Gasteiger partial charge in [-0.1, -0.05) is 19.1 Å². The van der Waals surface area contributed by atoms with Crippen molar-refractivity contribution in [1.82, 2.24) is 4.72 Å². The van der Waals surface area contributed by atoms with Crippen LogP contribution in [0.25, 0.3) is 0 Å². The molecule has 1 aromatic carbocycles. The monoisotopic (exact) mass is 340 g/mol. The Morgan fingerprint density at radius 3 is 2.77 bits per heavy atom. The Labute approximate surface area is 133 Å². The zero-order valence-corrected chi connectivity index (χ0v) is 13.6. The summed E-state index contributed by atoms with van der Waals surface area (Å²) in [7, 11) is -3.53. The van der Waals surface area contributed by atoms with Gasteiger partial charge in [0.05, 0.1) is 10.7 Å². The van der Waals surface area contributed by atoms with Crippen molar-refractivity contribution >= 4 is 27.0 Å². The van der Waals surface area contributed by atoms with Gasteiger partial charge in [0.25, 0.3) is 5.69 Å². The molecule has 0 radical (unpaired) electrons. The number of nitrogens with one attached hydrogen (secondary N) is 1. The van der Waals surface area contributed by atoms with Gasteiger partial charge in [-0.2, -0.15) is 11.3 Å². The van der Waals surface area contributed by atoms with Crippen LogP contribution in [-0.2, 0) is 15.8 Å². The van der Waals surface area contributed by atoms with Gasteiger partial charge in [0.2, 0.25) is 10.0 Å². The molecule has 8 heteroatoms. The summed E-state index contributed by atoms with van der Waals surface area (Å²) in [6, 6.07) is 7.62. The summed E-state index contributed by atoms with van der Waals surface area (Å²) in [5.41, 5.74) is 1.37. The van der Waals surface area contributed by atoms with Crippen molar-refractivity contribution in [2.45, 2.75) is 18.6 Å². The molecule has 1 aromatic heterocycles. The fourth-order valence-electron chi connectivity index (χ4n) is 1.96. The third kappa shape index (κ3) is 4.62. The second kappa shape index (κ2) is 6.99. The van der Waals surface area contributed by atoms with Crippen LogP contribution in [0.2, 0.25) is 0 Å². The summed E-state index contributed by atoms with van der Waals surface area (Å²) in [5, 5.41) is 14.6. The minimum Gasteiger partial charge on any atom is -0.258 e. The summed E-state index contributed by atoms with van der Waals surface area (Å²) < 4.78 is 26.7. The molecule has 0 unspecified atom stereocenters. The van der Waals surface area contributed by atoms with Crippen LogP contribution in [-0.4, -0.2) is 19.9 Å². The first-order chi connectivity index (χ1) is 10.4. The van der Waals surface area contributed by atoms with Gasteiger partial charge in [0, 0.05) is 18.7 Å². The summed E-state index contributed by atoms with van der Waals surface area (Å²) in [5.74, 6) is -0.198. The maximum absolute atomic E-state index is 12.1. The molecule has 1 atom stereocenters. The predicted octanol–water partition coefficient (Wildman–Crippen LogP) is 2.88. The normalized spacial score (nSPS) is 13.0. The van der Waals surface area contributed by atoms with Crippen molar-refractivity contribution in [2.24, 2.45) is 0 Å². The van der Waals surface area contributed by atoms with Crippen molar-refractivity contribution < 1.29 is 13.3 Å².